The number of piperazine rings is 1. The van der Waals surface area contributed by atoms with Crippen LogP contribution in [0.2, 0.25) is 0 Å². The van der Waals surface area contributed by atoms with E-state index in [4.69, 9.17) is 10.00 Å². The number of β-amino-alcohol motifs (C(OH)–C–C–N with tert-alkyl or cyclic N) is 1. The molecule has 9 nitrogen and oxygen atoms in total. The van der Waals surface area contributed by atoms with Gasteiger partial charge in [0, 0.05) is 45.3 Å². The fraction of sp³-hybridized carbons (Fsp3) is 0.542. The van der Waals surface area contributed by atoms with Crippen molar-refractivity contribution < 1.29 is 9.84 Å². The van der Waals surface area contributed by atoms with Gasteiger partial charge in [0.15, 0.2) is 0 Å². The molecular formula is C24H33N5O4. The number of aliphatic hydroxyl groups excluding tert-OH is 1. The molecule has 1 aliphatic heterocycles. The van der Waals surface area contributed by atoms with E-state index >= 15 is 0 Å². The summed E-state index contributed by atoms with van der Waals surface area (Å²) in [6.07, 6.45) is -0.737. The topological polar surface area (TPSA) is 115 Å². The molecule has 2 N–H and O–H groups in total. The Hall–Kier alpha value is -3.09. The fourth-order valence-electron chi connectivity index (χ4n) is 3.82. The van der Waals surface area contributed by atoms with Crippen LogP contribution in [0.15, 0.2) is 39.9 Å². The lowest BCUT2D eigenvalue weighted by Crippen LogP contribution is -2.54. The minimum absolute atomic E-state index is 0.203. The molecule has 1 atom stereocenters. The highest BCUT2D eigenvalue weighted by Gasteiger charge is 2.32. The first-order chi connectivity index (χ1) is 15.6. The van der Waals surface area contributed by atoms with Crippen LogP contribution < -0.4 is 20.9 Å². The van der Waals surface area contributed by atoms with Gasteiger partial charge in [-0.15, -0.1) is 0 Å². The van der Waals surface area contributed by atoms with E-state index in [0.717, 1.165) is 0 Å². The van der Waals surface area contributed by atoms with Crippen molar-refractivity contribution in [2.45, 2.75) is 45.9 Å². The molecule has 3 rings (SSSR count). The van der Waals surface area contributed by atoms with Crippen LogP contribution >= 0.6 is 0 Å². The van der Waals surface area contributed by atoms with Crippen molar-refractivity contribution in [3.05, 3.63) is 56.7 Å². The summed E-state index contributed by atoms with van der Waals surface area (Å²) in [5, 5.41) is 19.7. The number of rotatable bonds is 8. The minimum Gasteiger partial charge on any atom is -0.485 e. The first-order valence-corrected chi connectivity index (χ1v) is 11.3. The van der Waals surface area contributed by atoms with Gasteiger partial charge < -0.3 is 14.7 Å². The largest absolute Gasteiger partial charge is 0.485 e. The van der Waals surface area contributed by atoms with Crippen LogP contribution in [-0.4, -0.2) is 64.0 Å². The number of aromatic amines is 1. The zero-order chi connectivity index (χ0) is 24.2. The van der Waals surface area contributed by atoms with Crippen molar-refractivity contribution in [3.63, 3.8) is 0 Å². The molecule has 2 aromatic rings. The summed E-state index contributed by atoms with van der Waals surface area (Å²) in [7, 11) is 0. The third-order valence-corrected chi connectivity index (χ3v) is 5.87. The summed E-state index contributed by atoms with van der Waals surface area (Å²) in [6.45, 7) is 11.0. The third kappa shape index (κ3) is 6.24. The van der Waals surface area contributed by atoms with Crippen LogP contribution in [0.5, 0.6) is 5.75 Å². The molecule has 1 saturated heterocycles. The standard InChI is InChI=1S/C24H33N5O4/c1-17(2)15-29-22(31)13-21(26-23(29)32)28-11-9-27(10-12-28)16-20(30)24(3,4)33-19-7-5-18(14-25)6-8-19/h5-8,13,17,20,30H,9-12,15-16H2,1-4H3,(H,26,32). The number of nitrogens with zero attached hydrogens (tertiary/aromatic N) is 4. The molecule has 0 bridgehead atoms. The van der Waals surface area contributed by atoms with Crippen LogP contribution in [0.25, 0.3) is 0 Å². The Balaban J connectivity index is 1.56. The van der Waals surface area contributed by atoms with Gasteiger partial charge in [0.25, 0.3) is 5.56 Å². The maximum absolute atomic E-state index is 12.4. The molecule has 0 spiro atoms. The smallest absolute Gasteiger partial charge is 0.329 e. The van der Waals surface area contributed by atoms with Crippen molar-refractivity contribution in [3.8, 4) is 11.8 Å². The van der Waals surface area contributed by atoms with E-state index in [-0.39, 0.29) is 17.2 Å². The average molecular weight is 456 g/mol. The number of ether oxygens (including phenoxy) is 1. The molecule has 1 aliphatic rings. The van der Waals surface area contributed by atoms with E-state index in [1.807, 2.05) is 32.6 Å². The highest BCUT2D eigenvalue weighted by Crippen LogP contribution is 2.23. The van der Waals surface area contributed by atoms with Gasteiger partial charge in [0.2, 0.25) is 0 Å². The summed E-state index contributed by atoms with van der Waals surface area (Å²) in [5.41, 5.74) is -0.942. The summed E-state index contributed by atoms with van der Waals surface area (Å²) in [5.74, 6) is 1.34. The molecule has 1 aromatic carbocycles. The number of hydrogen-bond donors (Lipinski definition) is 2. The second-order valence-electron chi connectivity index (χ2n) is 9.45. The van der Waals surface area contributed by atoms with Gasteiger partial charge in [0.1, 0.15) is 23.3 Å². The molecule has 0 radical (unpaired) electrons. The molecule has 178 valence electrons. The van der Waals surface area contributed by atoms with Gasteiger partial charge in [-0.1, -0.05) is 13.8 Å². The van der Waals surface area contributed by atoms with E-state index < -0.39 is 11.7 Å². The predicted octanol–water partition coefficient (Wildman–Crippen LogP) is 1.40. The molecule has 0 amide bonds. The molecule has 1 fully saturated rings. The number of hydrogen-bond acceptors (Lipinski definition) is 7. The Labute approximate surface area is 193 Å². The first kappa shape index (κ1) is 24.6. The number of aromatic nitrogens is 2. The van der Waals surface area contributed by atoms with Gasteiger partial charge in [-0.05, 0) is 44.0 Å². The quantitative estimate of drug-likeness (QED) is 0.618. The number of nitrogens with one attached hydrogen (secondary N) is 1. The van der Waals surface area contributed by atoms with Crippen molar-refractivity contribution in [1.29, 1.82) is 5.26 Å². The Morgan fingerprint density at radius 1 is 1.12 bits per heavy atom. The zero-order valence-electron chi connectivity index (χ0n) is 19.7. The second kappa shape index (κ2) is 10.2. The summed E-state index contributed by atoms with van der Waals surface area (Å²) >= 11 is 0. The lowest BCUT2D eigenvalue weighted by molar-refractivity contribution is -0.0449. The molecular weight excluding hydrogens is 422 g/mol. The van der Waals surface area contributed by atoms with Crippen molar-refractivity contribution >= 4 is 5.82 Å². The summed E-state index contributed by atoms with van der Waals surface area (Å²) < 4.78 is 7.22. The third-order valence-electron chi connectivity index (χ3n) is 5.87. The molecule has 1 aromatic heterocycles. The van der Waals surface area contributed by atoms with Crippen LogP contribution in [0.3, 0.4) is 0 Å². The van der Waals surface area contributed by atoms with E-state index in [9.17, 15) is 14.7 Å². The highest BCUT2D eigenvalue weighted by atomic mass is 16.5. The summed E-state index contributed by atoms with van der Waals surface area (Å²) in [6, 6.07) is 10.4. The van der Waals surface area contributed by atoms with Gasteiger partial charge >= 0.3 is 5.69 Å². The highest BCUT2D eigenvalue weighted by molar-refractivity contribution is 5.37. The Bertz CT molecular complexity index is 1060. The molecule has 2 heterocycles. The Morgan fingerprint density at radius 3 is 2.30 bits per heavy atom. The Kier molecular flexibility index (Phi) is 7.61. The van der Waals surface area contributed by atoms with Crippen LogP contribution in [0.1, 0.15) is 33.3 Å². The maximum atomic E-state index is 12.4. The summed E-state index contributed by atoms with van der Waals surface area (Å²) in [4.78, 5) is 31.7. The number of H-pyrrole nitrogens is 1. The van der Waals surface area contributed by atoms with Crippen molar-refractivity contribution in [1.82, 2.24) is 14.5 Å². The first-order valence-electron chi connectivity index (χ1n) is 11.3. The van der Waals surface area contributed by atoms with E-state index in [1.54, 1.807) is 24.3 Å². The molecule has 33 heavy (non-hydrogen) atoms. The van der Waals surface area contributed by atoms with Gasteiger partial charge in [-0.25, -0.2) is 4.79 Å². The van der Waals surface area contributed by atoms with Gasteiger partial charge in [0.05, 0.1) is 11.6 Å². The molecule has 0 aliphatic carbocycles. The lowest BCUT2D eigenvalue weighted by Gasteiger charge is -2.39. The van der Waals surface area contributed by atoms with E-state index in [1.165, 1.54) is 10.6 Å². The number of nitriles is 1. The minimum atomic E-state index is -0.822. The monoisotopic (exact) mass is 455 g/mol. The van der Waals surface area contributed by atoms with Crippen LogP contribution in [0.4, 0.5) is 5.82 Å². The van der Waals surface area contributed by atoms with Crippen LogP contribution in [-0.2, 0) is 6.54 Å². The molecule has 9 heteroatoms. The zero-order valence-corrected chi connectivity index (χ0v) is 19.7. The van der Waals surface area contributed by atoms with E-state index in [2.05, 4.69) is 16.0 Å². The normalized spacial score (nSPS) is 16.0. The van der Waals surface area contributed by atoms with Gasteiger partial charge in [-0.2, -0.15) is 5.26 Å². The fourth-order valence-corrected chi connectivity index (χ4v) is 3.82. The van der Waals surface area contributed by atoms with Crippen LogP contribution in [0, 0.1) is 17.2 Å². The number of aliphatic hydroxyl groups is 1. The molecule has 0 saturated carbocycles. The maximum Gasteiger partial charge on any atom is 0.329 e. The van der Waals surface area contributed by atoms with E-state index in [0.29, 0.717) is 56.4 Å². The van der Waals surface area contributed by atoms with Crippen molar-refractivity contribution in [2.75, 3.05) is 37.6 Å². The number of anilines is 1. The van der Waals surface area contributed by atoms with Crippen molar-refractivity contribution in [2.24, 2.45) is 5.92 Å². The molecule has 1 unspecified atom stereocenters. The lowest BCUT2D eigenvalue weighted by atomic mass is 10.0. The predicted molar refractivity (Wildman–Crippen MR) is 127 cm³/mol. The Morgan fingerprint density at radius 2 is 1.76 bits per heavy atom. The SMILES string of the molecule is CC(C)Cn1c(=O)cc(N2CCN(CC(O)C(C)(C)Oc3ccc(C#N)cc3)CC2)[nH]c1=O. The van der Waals surface area contributed by atoms with Gasteiger partial charge in [-0.3, -0.25) is 19.2 Å². The number of benzene rings is 1. The average Bonchev–Trinajstić information content (AvgIpc) is 2.76. The second-order valence-corrected chi connectivity index (χ2v) is 9.45.